The summed E-state index contributed by atoms with van der Waals surface area (Å²) in [4.78, 5) is 2.26. The number of rotatable bonds is 2. The van der Waals surface area contributed by atoms with Gasteiger partial charge in [0.1, 0.15) is 0 Å². The average Bonchev–Trinajstić information content (AvgIpc) is 2.62. The topological polar surface area (TPSA) is 57.6 Å². The summed E-state index contributed by atoms with van der Waals surface area (Å²) in [6.07, 6.45) is -0.210. The molecule has 2 aromatic carbocycles. The van der Waals surface area contributed by atoms with Crippen LogP contribution in [-0.4, -0.2) is 31.9 Å². The maximum absolute atomic E-state index is 12.3. The number of hydrogen-bond donors (Lipinski definition) is 1. The molecule has 4 nitrogen and oxygen atoms in total. The van der Waals surface area contributed by atoms with Gasteiger partial charge >= 0.3 is 0 Å². The molecule has 0 saturated carbocycles. The maximum atomic E-state index is 12.3. The van der Waals surface area contributed by atoms with Gasteiger partial charge in [0.15, 0.2) is 0 Å². The first-order valence-electron chi connectivity index (χ1n) is 6.90. The van der Waals surface area contributed by atoms with E-state index in [2.05, 4.69) is 0 Å². The first kappa shape index (κ1) is 15.6. The third-order valence-corrected chi connectivity index (χ3v) is 6.74. The summed E-state index contributed by atoms with van der Waals surface area (Å²) in [5.74, 6) is 0. The minimum Gasteiger partial charge on any atom is -0.388 e. The molecule has 0 bridgehead atoms. The molecule has 0 radical (unpaired) electrons. The molecular formula is C16H17NO3S2. The zero-order chi connectivity index (χ0) is 15.9. The fraction of sp³-hybridized carbons (Fsp3) is 0.250. The van der Waals surface area contributed by atoms with E-state index in [0.29, 0.717) is 6.42 Å². The van der Waals surface area contributed by atoms with E-state index in [-0.39, 0.29) is 4.90 Å². The standard InChI is InChI=1S/C16H17NO3S2/c1-17(2)22(19,20)12-7-8-15-11(9-12)10-14(18)13-5-3-4-6-16(13)21-15/h3-9,14,18H,10H2,1-2H3. The molecule has 1 heterocycles. The van der Waals surface area contributed by atoms with Gasteiger partial charge in [-0.25, -0.2) is 12.7 Å². The Balaban J connectivity index is 2.08. The van der Waals surface area contributed by atoms with Crippen LogP contribution in [-0.2, 0) is 16.4 Å². The summed E-state index contributed by atoms with van der Waals surface area (Å²) in [6.45, 7) is 0. The van der Waals surface area contributed by atoms with Gasteiger partial charge < -0.3 is 5.11 Å². The second-order valence-electron chi connectivity index (χ2n) is 5.42. The normalized spacial score (nSPS) is 17.7. The van der Waals surface area contributed by atoms with Crippen LogP contribution in [0.5, 0.6) is 0 Å². The van der Waals surface area contributed by atoms with Crippen molar-refractivity contribution in [3.8, 4) is 0 Å². The van der Waals surface area contributed by atoms with Crippen LogP contribution in [0, 0.1) is 0 Å². The van der Waals surface area contributed by atoms with E-state index in [0.717, 1.165) is 20.9 Å². The smallest absolute Gasteiger partial charge is 0.242 e. The summed E-state index contributed by atoms with van der Waals surface area (Å²) in [6, 6.07) is 12.9. The molecule has 3 rings (SSSR count). The van der Waals surface area contributed by atoms with Gasteiger partial charge in [0, 0.05) is 30.3 Å². The molecule has 0 fully saturated rings. The SMILES string of the molecule is CN(C)S(=O)(=O)c1ccc2c(c1)CC(O)c1ccccc1S2. The lowest BCUT2D eigenvalue weighted by atomic mass is 10.0. The number of sulfonamides is 1. The number of fused-ring (bicyclic) bond motifs is 2. The Labute approximate surface area is 134 Å². The van der Waals surface area contributed by atoms with Crippen LogP contribution in [0.3, 0.4) is 0 Å². The molecule has 1 N–H and O–H groups in total. The van der Waals surface area contributed by atoms with E-state index in [9.17, 15) is 13.5 Å². The van der Waals surface area contributed by atoms with Gasteiger partial charge in [0.05, 0.1) is 11.0 Å². The van der Waals surface area contributed by atoms with E-state index in [4.69, 9.17) is 0 Å². The Morgan fingerprint density at radius 3 is 2.59 bits per heavy atom. The highest BCUT2D eigenvalue weighted by molar-refractivity contribution is 7.99. The van der Waals surface area contributed by atoms with Crippen molar-refractivity contribution in [2.75, 3.05) is 14.1 Å². The maximum Gasteiger partial charge on any atom is 0.242 e. The largest absolute Gasteiger partial charge is 0.388 e. The first-order chi connectivity index (χ1) is 10.4. The van der Waals surface area contributed by atoms with Gasteiger partial charge in [-0.2, -0.15) is 0 Å². The highest BCUT2D eigenvalue weighted by Crippen LogP contribution is 2.41. The summed E-state index contributed by atoms with van der Waals surface area (Å²) in [5.41, 5.74) is 1.75. The van der Waals surface area contributed by atoms with Crippen LogP contribution in [0.4, 0.5) is 0 Å². The van der Waals surface area contributed by atoms with Crippen molar-refractivity contribution in [2.45, 2.75) is 27.2 Å². The number of hydrogen-bond acceptors (Lipinski definition) is 4. The van der Waals surface area contributed by atoms with E-state index in [1.807, 2.05) is 30.3 Å². The van der Waals surface area contributed by atoms with Crippen LogP contribution in [0.15, 0.2) is 57.2 Å². The molecule has 1 unspecified atom stereocenters. The highest BCUT2D eigenvalue weighted by Gasteiger charge is 2.24. The predicted octanol–water partition coefficient (Wildman–Crippen LogP) is 2.68. The summed E-state index contributed by atoms with van der Waals surface area (Å²) in [5, 5.41) is 10.4. The number of aliphatic hydroxyl groups excluding tert-OH is 1. The van der Waals surface area contributed by atoms with E-state index < -0.39 is 16.1 Å². The molecular weight excluding hydrogens is 318 g/mol. The molecule has 6 heteroatoms. The molecule has 1 aliphatic rings. The third kappa shape index (κ3) is 2.67. The van der Waals surface area contributed by atoms with Crippen LogP contribution in [0.2, 0.25) is 0 Å². The lowest BCUT2D eigenvalue weighted by Gasteiger charge is -2.14. The number of aliphatic hydroxyl groups is 1. The molecule has 2 aromatic rings. The molecule has 0 amide bonds. The second-order valence-corrected chi connectivity index (χ2v) is 8.65. The molecule has 0 spiro atoms. The monoisotopic (exact) mass is 335 g/mol. The van der Waals surface area contributed by atoms with Gasteiger partial charge in [-0.3, -0.25) is 0 Å². The Hall–Kier alpha value is -1.34. The van der Waals surface area contributed by atoms with Crippen LogP contribution in [0.1, 0.15) is 17.2 Å². The molecule has 1 atom stereocenters. The zero-order valence-electron chi connectivity index (χ0n) is 12.4. The average molecular weight is 335 g/mol. The zero-order valence-corrected chi connectivity index (χ0v) is 14.0. The van der Waals surface area contributed by atoms with Crippen LogP contribution >= 0.6 is 11.8 Å². The van der Waals surface area contributed by atoms with Gasteiger partial charge in [0.25, 0.3) is 0 Å². The van der Waals surface area contributed by atoms with Gasteiger partial charge in [0.2, 0.25) is 10.0 Å². The molecule has 22 heavy (non-hydrogen) atoms. The quantitative estimate of drug-likeness (QED) is 0.917. The van der Waals surface area contributed by atoms with E-state index in [1.165, 1.54) is 18.4 Å². The molecule has 116 valence electrons. The second kappa shape index (κ2) is 5.70. The Morgan fingerprint density at radius 1 is 1.14 bits per heavy atom. The van der Waals surface area contributed by atoms with Crippen molar-refractivity contribution in [1.82, 2.24) is 4.31 Å². The van der Waals surface area contributed by atoms with E-state index in [1.54, 1.807) is 23.9 Å². The first-order valence-corrected chi connectivity index (χ1v) is 9.15. The van der Waals surface area contributed by atoms with Crippen LogP contribution in [0.25, 0.3) is 0 Å². The fourth-order valence-corrected chi connectivity index (χ4v) is 4.54. The van der Waals surface area contributed by atoms with Crippen LogP contribution < -0.4 is 0 Å². The Kier molecular flexibility index (Phi) is 4.03. The third-order valence-electron chi connectivity index (χ3n) is 3.72. The van der Waals surface area contributed by atoms with Gasteiger partial charge in [-0.05, 0) is 35.4 Å². The van der Waals surface area contributed by atoms with Gasteiger partial charge in [-0.15, -0.1) is 0 Å². The number of benzene rings is 2. The van der Waals surface area contributed by atoms with E-state index >= 15 is 0 Å². The minimum absolute atomic E-state index is 0.259. The predicted molar refractivity (Wildman–Crippen MR) is 86.5 cm³/mol. The summed E-state index contributed by atoms with van der Waals surface area (Å²) >= 11 is 1.57. The summed E-state index contributed by atoms with van der Waals surface area (Å²) in [7, 11) is -0.436. The van der Waals surface area contributed by atoms with Crippen molar-refractivity contribution in [3.63, 3.8) is 0 Å². The van der Waals surface area contributed by atoms with Gasteiger partial charge in [-0.1, -0.05) is 30.0 Å². The Morgan fingerprint density at radius 2 is 1.86 bits per heavy atom. The molecule has 0 aromatic heterocycles. The summed E-state index contributed by atoms with van der Waals surface area (Å²) < 4.78 is 25.7. The minimum atomic E-state index is -3.46. The van der Waals surface area contributed by atoms with Crippen molar-refractivity contribution >= 4 is 21.8 Å². The highest BCUT2D eigenvalue weighted by atomic mass is 32.2. The lowest BCUT2D eigenvalue weighted by molar-refractivity contribution is 0.175. The molecule has 1 aliphatic heterocycles. The Bertz CT molecular complexity index is 816. The van der Waals surface area contributed by atoms with Crippen molar-refractivity contribution < 1.29 is 13.5 Å². The number of nitrogens with zero attached hydrogens (tertiary/aromatic N) is 1. The molecule has 0 aliphatic carbocycles. The van der Waals surface area contributed by atoms with Crippen molar-refractivity contribution in [2.24, 2.45) is 0 Å². The lowest BCUT2D eigenvalue weighted by Crippen LogP contribution is -2.22. The fourth-order valence-electron chi connectivity index (χ4n) is 2.47. The van der Waals surface area contributed by atoms with Crippen molar-refractivity contribution in [1.29, 1.82) is 0 Å². The molecule has 0 saturated heterocycles. The van der Waals surface area contributed by atoms with Crippen molar-refractivity contribution in [3.05, 3.63) is 53.6 Å².